The molecule has 0 spiro atoms. The first kappa shape index (κ1) is 15.8. The zero-order valence-corrected chi connectivity index (χ0v) is 13.7. The van der Waals surface area contributed by atoms with Gasteiger partial charge in [0.1, 0.15) is 0 Å². The Balaban J connectivity index is 2.17. The summed E-state index contributed by atoms with van der Waals surface area (Å²) in [5.74, 6) is 0. The molecular formula is C17H26ClNO. The van der Waals surface area contributed by atoms with Gasteiger partial charge in [-0.15, -0.1) is 0 Å². The molecule has 2 N–H and O–H groups in total. The van der Waals surface area contributed by atoms with Gasteiger partial charge in [-0.25, -0.2) is 0 Å². The van der Waals surface area contributed by atoms with E-state index in [9.17, 15) is 5.11 Å². The normalized spacial score (nSPS) is 23.4. The number of nitrogens with one attached hydrogen (secondary N) is 1. The van der Waals surface area contributed by atoms with E-state index >= 15 is 0 Å². The molecule has 0 amide bonds. The van der Waals surface area contributed by atoms with Crippen LogP contribution in [0.25, 0.3) is 0 Å². The Morgan fingerprint density at radius 3 is 2.80 bits per heavy atom. The van der Waals surface area contributed by atoms with Gasteiger partial charge in [0.25, 0.3) is 0 Å². The molecule has 0 aromatic heterocycles. The predicted octanol–water partition coefficient (Wildman–Crippen LogP) is 4.10. The quantitative estimate of drug-likeness (QED) is 0.857. The molecule has 112 valence electrons. The molecule has 3 heteroatoms. The molecule has 0 bridgehead atoms. The fourth-order valence-electron chi connectivity index (χ4n) is 3.34. The third-order valence-corrected chi connectivity index (χ3v) is 4.56. The number of hydrogen-bond donors (Lipinski definition) is 2. The van der Waals surface area contributed by atoms with Crippen molar-refractivity contribution in [2.45, 2.75) is 58.6 Å². The van der Waals surface area contributed by atoms with Crippen molar-refractivity contribution in [2.24, 2.45) is 5.41 Å². The molecule has 0 fully saturated rings. The first-order chi connectivity index (χ1) is 9.25. The number of hydrogen-bond acceptors (Lipinski definition) is 2. The number of fused-ring (bicyclic) bond motifs is 1. The van der Waals surface area contributed by atoms with E-state index in [1.165, 1.54) is 11.1 Å². The van der Waals surface area contributed by atoms with Crippen LogP contribution in [0.15, 0.2) is 18.2 Å². The second kappa shape index (κ2) is 5.67. The summed E-state index contributed by atoms with van der Waals surface area (Å²) in [5.41, 5.74) is 2.16. The molecule has 1 aromatic carbocycles. The van der Waals surface area contributed by atoms with Crippen molar-refractivity contribution in [3.05, 3.63) is 34.3 Å². The van der Waals surface area contributed by atoms with E-state index in [0.717, 1.165) is 24.3 Å². The molecule has 2 rings (SSSR count). The van der Waals surface area contributed by atoms with Gasteiger partial charge in [0.15, 0.2) is 0 Å². The van der Waals surface area contributed by atoms with Gasteiger partial charge in [-0.1, -0.05) is 44.9 Å². The molecule has 2 nitrogen and oxygen atoms in total. The number of benzene rings is 1. The van der Waals surface area contributed by atoms with Gasteiger partial charge in [0.05, 0.1) is 5.60 Å². The van der Waals surface area contributed by atoms with Gasteiger partial charge < -0.3 is 10.4 Å². The number of rotatable bonds is 5. The lowest BCUT2D eigenvalue weighted by Crippen LogP contribution is -2.42. The van der Waals surface area contributed by atoms with Gasteiger partial charge in [-0.2, -0.15) is 0 Å². The monoisotopic (exact) mass is 295 g/mol. The van der Waals surface area contributed by atoms with E-state index < -0.39 is 5.60 Å². The van der Waals surface area contributed by atoms with E-state index in [-0.39, 0.29) is 11.5 Å². The fraction of sp³-hybridized carbons (Fsp3) is 0.647. The van der Waals surface area contributed by atoms with Crippen molar-refractivity contribution in [3.8, 4) is 0 Å². The highest BCUT2D eigenvalue weighted by molar-refractivity contribution is 6.30. The van der Waals surface area contributed by atoms with E-state index in [0.29, 0.717) is 6.54 Å². The zero-order chi connectivity index (χ0) is 15.0. The standard InChI is InChI=1S/C17H26ClNO/c1-5-8-17(4,20)11-19-15-14-9-13(18)7-6-12(14)10-16(15,2)3/h6-7,9,15,19-20H,5,8,10-11H2,1-4H3. The molecule has 0 radical (unpaired) electrons. The van der Waals surface area contributed by atoms with Crippen LogP contribution >= 0.6 is 11.6 Å². The van der Waals surface area contributed by atoms with E-state index in [4.69, 9.17) is 11.6 Å². The van der Waals surface area contributed by atoms with Crippen molar-refractivity contribution in [2.75, 3.05) is 6.54 Å². The average molecular weight is 296 g/mol. The summed E-state index contributed by atoms with van der Waals surface area (Å²) in [6, 6.07) is 6.41. The second-order valence-corrected chi connectivity index (χ2v) is 7.51. The van der Waals surface area contributed by atoms with Crippen molar-refractivity contribution < 1.29 is 5.11 Å². The van der Waals surface area contributed by atoms with Gasteiger partial charge in [0, 0.05) is 17.6 Å². The molecule has 1 aliphatic carbocycles. The summed E-state index contributed by atoms with van der Waals surface area (Å²) in [5, 5.41) is 14.7. The van der Waals surface area contributed by atoms with Gasteiger partial charge in [-0.05, 0) is 48.4 Å². The molecule has 0 saturated carbocycles. The largest absolute Gasteiger partial charge is 0.389 e. The first-order valence-electron chi connectivity index (χ1n) is 7.49. The summed E-state index contributed by atoms with van der Waals surface area (Å²) >= 11 is 6.14. The molecule has 0 saturated heterocycles. The second-order valence-electron chi connectivity index (χ2n) is 7.07. The van der Waals surface area contributed by atoms with Crippen LogP contribution in [-0.2, 0) is 6.42 Å². The highest BCUT2D eigenvalue weighted by Crippen LogP contribution is 2.45. The average Bonchev–Trinajstić information content (AvgIpc) is 2.56. The van der Waals surface area contributed by atoms with Gasteiger partial charge in [0.2, 0.25) is 0 Å². The molecule has 0 aliphatic heterocycles. The predicted molar refractivity (Wildman–Crippen MR) is 85.2 cm³/mol. The van der Waals surface area contributed by atoms with Crippen LogP contribution in [0.1, 0.15) is 57.7 Å². The van der Waals surface area contributed by atoms with Gasteiger partial charge >= 0.3 is 0 Å². The summed E-state index contributed by atoms with van der Waals surface area (Å²) in [6.45, 7) is 9.16. The van der Waals surface area contributed by atoms with Crippen LogP contribution in [0.2, 0.25) is 5.02 Å². The summed E-state index contributed by atoms with van der Waals surface area (Å²) in [6.07, 6.45) is 2.85. The maximum Gasteiger partial charge on any atom is 0.0743 e. The Hall–Kier alpha value is -0.570. The fourth-order valence-corrected chi connectivity index (χ4v) is 3.53. The lowest BCUT2D eigenvalue weighted by atomic mass is 9.85. The number of halogens is 1. The van der Waals surface area contributed by atoms with Crippen LogP contribution in [-0.4, -0.2) is 17.3 Å². The molecule has 0 heterocycles. The van der Waals surface area contributed by atoms with Crippen LogP contribution in [0, 0.1) is 5.41 Å². The minimum absolute atomic E-state index is 0.148. The van der Waals surface area contributed by atoms with Crippen molar-refractivity contribution >= 4 is 11.6 Å². The smallest absolute Gasteiger partial charge is 0.0743 e. The Morgan fingerprint density at radius 1 is 1.45 bits per heavy atom. The molecule has 1 aromatic rings. The molecule has 1 aliphatic rings. The van der Waals surface area contributed by atoms with Crippen molar-refractivity contribution in [3.63, 3.8) is 0 Å². The summed E-state index contributed by atoms with van der Waals surface area (Å²) in [7, 11) is 0. The SMILES string of the molecule is CCCC(C)(O)CNC1c2cc(Cl)ccc2CC1(C)C. The Bertz CT molecular complexity index is 482. The lowest BCUT2D eigenvalue weighted by molar-refractivity contribution is 0.0424. The third kappa shape index (κ3) is 3.36. The molecular weight excluding hydrogens is 270 g/mol. The van der Waals surface area contributed by atoms with E-state index in [1.807, 2.05) is 13.0 Å². The third-order valence-electron chi connectivity index (χ3n) is 4.32. The lowest BCUT2D eigenvalue weighted by Gasteiger charge is -2.32. The highest BCUT2D eigenvalue weighted by Gasteiger charge is 2.39. The van der Waals surface area contributed by atoms with Crippen molar-refractivity contribution in [1.29, 1.82) is 0 Å². The maximum absolute atomic E-state index is 10.4. The minimum Gasteiger partial charge on any atom is -0.389 e. The Kier molecular flexibility index (Phi) is 4.48. The van der Waals surface area contributed by atoms with E-state index in [1.54, 1.807) is 0 Å². The molecule has 2 unspecified atom stereocenters. The highest BCUT2D eigenvalue weighted by atomic mass is 35.5. The first-order valence-corrected chi connectivity index (χ1v) is 7.87. The number of aliphatic hydroxyl groups is 1. The van der Waals surface area contributed by atoms with Crippen LogP contribution in [0.5, 0.6) is 0 Å². The maximum atomic E-state index is 10.4. The summed E-state index contributed by atoms with van der Waals surface area (Å²) < 4.78 is 0. The molecule has 2 atom stereocenters. The Morgan fingerprint density at radius 2 is 2.15 bits per heavy atom. The van der Waals surface area contributed by atoms with Crippen LogP contribution < -0.4 is 5.32 Å². The summed E-state index contributed by atoms with van der Waals surface area (Å²) in [4.78, 5) is 0. The minimum atomic E-state index is -0.647. The topological polar surface area (TPSA) is 32.3 Å². The van der Waals surface area contributed by atoms with Gasteiger partial charge in [-0.3, -0.25) is 0 Å². The Labute approximate surface area is 127 Å². The van der Waals surface area contributed by atoms with Crippen LogP contribution in [0.3, 0.4) is 0 Å². The van der Waals surface area contributed by atoms with Crippen molar-refractivity contribution in [1.82, 2.24) is 5.32 Å². The van der Waals surface area contributed by atoms with E-state index in [2.05, 4.69) is 38.2 Å². The zero-order valence-electron chi connectivity index (χ0n) is 13.0. The van der Waals surface area contributed by atoms with Crippen LogP contribution in [0.4, 0.5) is 0 Å². The molecule has 20 heavy (non-hydrogen) atoms.